The molecule has 0 bridgehead atoms. The van der Waals surface area contributed by atoms with E-state index in [1.165, 1.54) is 0 Å². The molecule has 0 heterocycles. The van der Waals surface area contributed by atoms with Crippen molar-refractivity contribution in [2.45, 2.75) is 20.0 Å². The summed E-state index contributed by atoms with van der Waals surface area (Å²) >= 11 is 3.36. The van der Waals surface area contributed by atoms with Gasteiger partial charge in [0.1, 0.15) is 5.75 Å². The van der Waals surface area contributed by atoms with E-state index in [0.29, 0.717) is 6.61 Å². The lowest BCUT2D eigenvalue weighted by Crippen LogP contribution is -2.03. The normalized spacial score (nSPS) is 10.4. The predicted octanol–water partition coefficient (Wildman–Crippen LogP) is 2.75. The van der Waals surface area contributed by atoms with Gasteiger partial charge in [0.15, 0.2) is 0 Å². The molecule has 0 radical (unpaired) electrons. The van der Waals surface area contributed by atoms with Crippen LogP contribution in [0.4, 0.5) is 0 Å². The van der Waals surface area contributed by atoms with Crippen LogP contribution in [0.1, 0.15) is 18.9 Å². The molecular formula is C12H17BrO3. The molecule has 0 aliphatic carbocycles. The molecule has 1 N–H and O–H groups in total. The van der Waals surface area contributed by atoms with E-state index in [4.69, 9.17) is 14.6 Å². The van der Waals surface area contributed by atoms with E-state index in [2.05, 4.69) is 15.9 Å². The number of hydrogen-bond donors (Lipinski definition) is 1. The molecule has 4 heteroatoms. The van der Waals surface area contributed by atoms with Gasteiger partial charge < -0.3 is 14.6 Å². The Bertz CT molecular complexity index is 315. The smallest absolute Gasteiger partial charge is 0.119 e. The standard InChI is InChI=1S/C12H17BrO3/c1-2-15-6-3-7-16-11-4-5-12(13)10(8-11)9-14/h4-5,8,14H,2-3,6-7,9H2,1H3. The maximum Gasteiger partial charge on any atom is 0.119 e. The second kappa shape index (κ2) is 7.65. The number of rotatable bonds is 7. The summed E-state index contributed by atoms with van der Waals surface area (Å²) in [4.78, 5) is 0. The van der Waals surface area contributed by atoms with Gasteiger partial charge in [-0.2, -0.15) is 0 Å². The maximum atomic E-state index is 9.08. The van der Waals surface area contributed by atoms with Gasteiger partial charge in [0.2, 0.25) is 0 Å². The first-order valence-corrected chi connectivity index (χ1v) is 6.17. The molecule has 0 aliphatic rings. The lowest BCUT2D eigenvalue weighted by atomic mass is 10.2. The molecule has 0 aromatic heterocycles. The van der Waals surface area contributed by atoms with Crippen molar-refractivity contribution < 1.29 is 14.6 Å². The van der Waals surface area contributed by atoms with Crippen molar-refractivity contribution in [3.05, 3.63) is 28.2 Å². The number of benzene rings is 1. The topological polar surface area (TPSA) is 38.7 Å². The lowest BCUT2D eigenvalue weighted by molar-refractivity contribution is 0.131. The van der Waals surface area contributed by atoms with Gasteiger partial charge in [-0.25, -0.2) is 0 Å². The van der Waals surface area contributed by atoms with Crippen LogP contribution in [0.3, 0.4) is 0 Å². The molecule has 3 nitrogen and oxygen atoms in total. The second-order valence-electron chi connectivity index (χ2n) is 3.31. The molecular weight excluding hydrogens is 272 g/mol. The van der Waals surface area contributed by atoms with Crippen LogP contribution in [-0.4, -0.2) is 24.9 Å². The van der Waals surface area contributed by atoms with Gasteiger partial charge in [0, 0.05) is 24.1 Å². The first kappa shape index (κ1) is 13.5. The van der Waals surface area contributed by atoms with Crippen LogP contribution in [0.2, 0.25) is 0 Å². The van der Waals surface area contributed by atoms with Crippen molar-refractivity contribution in [1.29, 1.82) is 0 Å². The van der Waals surface area contributed by atoms with Crippen molar-refractivity contribution in [1.82, 2.24) is 0 Å². The Morgan fingerprint density at radius 1 is 1.31 bits per heavy atom. The van der Waals surface area contributed by atoms with Gasteiger partial charge in [-0.05, 0) is 30.7 Å². The summed E-state index contributed by atoms with van der Waals surface area (Å²) in [6.45, 7) is 4.08. The zero-order valence-corrected chi connectivity index (χ0v) is 11.0. The Labute approximate surface area is 105 Å². The van der Waals surface area contributed by atoms with E-state index in [9.17, 15) is 0 Å². The zero-order valence-electron chi connectivity index (χ0n) is 9.41. The first-order valence-electron chi connectivity index (χ1n) is 5.37. The number of aliphatic hydroxyl groups excluding tert-OH is 1. The fraction of sp³-hybridized carbons (Fsp3) is 0.500. The van der Waals surface area contributed by atoms with Crippen molar-refractivity contribution in [3.63, 3.8) is 0 Å². The van der Waals surface area contributed by atoms with Crippen molar-refractivity contribution >= 4 is 15.9 Å². The lowest BCUT2D eigenvalue weighted by Gasteiger charge is -2.08. The summed E-state index contributed by atoms with van der Waals surface area (Å²) in [5.41, 5.74) is 0.835. The van der Waals surface area contributed by atoms with E-state index < -0.39 is 0 Å². The Balaban J connectivity index is 2.36. The third kappa shape index (κ3) is 4.51. The van der Waals surface area contributed by atoms with E-state index in [0.717, 1.165) is 35.4 Å². The van der Waals surface area contributed by atoms with Crippen LogP contribution >= 0.6 is 15.9 Å². The van der Waals surface area contributed by atoms with Crippen LogP contribution in [0, 0.1) is 0 Å². The number of aliphatic hydroxyl groups is 1. The Hall–Kier alpha value is -0.580. The minimum Gasteiger partial charge on any atom is -0.493 e. The van der Waals surface area contributed by atoms with E-state index in [1.54, 1.807) is 0 Å². The van der Waals surface area contributed by atoms with Crippen LogP contribution in [-0.2, 0) is 11.3 Å². The van der Waals surface area contributed by atoms with Gasteiger partial charge in [-0.15, -0.1) is 0 Å². The first-order chi connectivity index (χ1) is 7.77. The van der Waals surface area contributed by atoms with Crippen LogP contribution in [0.15, 0.2) is 22.7 Å². The minimum atomic E-state index is 0.0106. The predicted molar refractivity (Wildman–Crippen MR) is 66.7 cm³/mol. The molecule has 1 aromatic carbocycles. The van der Waals surface area contributed by atoms with Crippen LogP contribution in [0.5, 0.6) is 5.75 Å². The highest BCUT2D eigenvalue weighted by Crippen LogP contribution is 2.22. The van der Waals surface area contributed by atoms with Gasteiger partial charge >= 0.3 is 0 Å². The Kier molecular flexibility index (Phi) is 6.45. The average molecular weight is 289 g/mol. The van der Waals surface area contributed by atoms with Gasteiger partial charge in [0.05, 0.1) is 13.2 Å². The molecule has 1 aromatic rings. The van der Waals surface area contributed by atoms with E-state index >= 15 is 0 Å². The third-order valence-corrected chi connectivity index (χ3v) is 2.87. The summed E-state index contributed by atoms with van der Waals surface area (Å²) in [5.74, 6) is 0.781. The number of hydrogen-bond acceptors (Lipinski definition) is 3. The van der Waals surface area contributed by atoms with Gasteiger partial charge in [-0.3, -0.25) is 0 Å². The molecule has 0 amide bonds. The third-order valence-electron chi connectivity index (χ3n) is 2.09. The minimum absolute atomic E-state index is 0.0106. The van der Waals surface area contributed by atoms with Crippen LogP contribution in [0.25, 0.3) is 0 Å². The SMILES string of the molecule is CCOCCCOc1ccc(Br)c(CO)c1. The molecule has 16 heavy (non-hydrogen) atoms. The summed E-state index contributed by atoms with van der Waals surface area (Å²) in [6.07, 6.45) is 0.873. The Morgan fingerprint density at radius 2 is 2.12 bits per heavy atom. The molecule has 0 unspecified atom stereocenters. The molecule has 0 aliphatic heterocycles. The number of halogens is 1. The van der Waals surface area contributed by atoms with E-state index in [-0.39, 0.29) is 6.61 Å². The molecule has 90 valence electrons. The van der Waals surface area contributed by atoms with Crippen LogP contribution < -0.4 is 4.74 Å². The van der Waals surface area contributed by atoms with Crippen molar-refractivity contribution in [2.24, 2.45) is 0 Å². The summed E-state index contributed by atoms with van der Waals surface area (Å²) in [7, 11) is 0. The van der Waals surface area contributed by atoms with Gasteiger partial charge in [0.25, 0.3) is 0 Å². The van der Waals surface area contributed by atoms with Crippen molar-refractivity contribution in [2.75, 3.05) is 19.8 Å². The Morgan fingerprint density at radius 3 is 2.81 bits per heavy atom. The zero-order chi connectivity index (χ0) is 11.8. The van der Waals surface area contributed by atoms with E-state index in [1.807, 2.05) is 25.1 Å². The average Bonchev–Trinajstić information content (AvgIpc) is 2.31. The molecule has 0 fully saturated rings. The second-order valence-corrected chi connectivity index (χ2v) is 4.16. The molecule has 1 rings (SSSR count). The monoisotopic (exact) mass is 288 g/mol. The van der Waals surface area contributed by atoms with Crippen molar-refractivity contribution in [3.8, 4) is 5.75 Å². The van der Waals surface area contributed by atoms with Gasteiger partial charge in [-0.1, -0.05) is 15.9 Å². The molecule has 0 spiro atoms. The quantitative estimate of drug-likeness (QED) is 0.784. The summed E-state index contributed by atoms with van der Waals surface area (Å²) in [6, 6.07) is 5.60. The molecule has 0 atom stereocenters. The highest BCUT2D eigenvalue weighted by molar-refractivity contribution is 9.10. The largest absolute Gasteiger partial charge is 0.493 e. The highest BCUT2D eigenvalue weighted by Gasteiger charge is 2.01. The number of ether oxygens (including phenoxy) is 2. The fourth-order valence-corrected chi connectivity index (χ4v) is 1.63. The summed E-state index contributed by atoms with van der Waals surface area (Å²) in [5, 5.41) is 9.08. The fourth-order valence-electron chi connectivity index (χ4n) is 1.26. The molecule has 0 saturated heterocycles. The maximum absolute atomic E-state index is 9.08. The summed E-state index contributed by atoms with van der Waals surface area (Å²) < 4.78 is 11.6. The molecule has 0 saturated carbocycles. The highest BCUT2D eigenvalue weighted by atomic mass is 79.9.